The molecular formula is C19H22F2N4O2. The largest absolute Gasteiger partial charge is 0.497 e. The standard InChI is InChI=1S/C19H22F2N4O2/c1-27-13-6-2-11(3-7-13)9-22-19(26)14-10-23-25-16(17(20)21)8-15(12-4-5-12)24-18(14)25/h2-3,6-7,10,12,15-17,24H,4-5,8-9H2,1H3,(H,22,26)/t15-,16+/m0/s1. The molecule has 1 aromatic heterocycles. The zero-order chi connectivity index (χ0) is 19.0. The summed E-state index contributed by atoms with van der Waals surface area (Å²) in [4.78, 5) is 12.6. The number of rotatable bonds is 6. The molecule has 0 spiro atoms. The Bertz CT molecular complexity index is 818. The molecule has 27 heavy (non-hydrogen) atoms. The monoisotopic (exact) mass is 376 g/mol. The molecule has 1 fully saturated rings. The molecule has 1 aliphatic carbocycles. The molecule has 8 heteroatoms. The van der Waals surface area contributed by atoms with E-state index >= 15 is 0 Å². The summed E-state index contributed by atoms with van der Waals surface area (Å²) in [6.45, 7) is 0.331. The van der Waals surface area contributed by atoms with Crippen LogP contribution in [0.25, 0.3) is 0 Å². The summed E-state index contributed by atoms with van der Waals surface area (Å²) in [5.41, 5.74) is 1.22. The van der Waals surface area contributed by atoms with Gasteiger partial charge < -0.3 is 15.4 Å². The summed E-state index contributed by atoms with van der Waals surface area (Å²) in [5, 5.41) is 10.2. The van der Waals surface area contributed by atoms with Crippen LogP contribution in [0.1, 0.15) is 41.2 Å². The normalized spacial score (nSPS) is 21.5. The minimum atomic E-state index is -2.51. The number of methoxy groups -OCH3 is 1. The van der Waals surface area contributed by atoms with Crippen LogP contribution in [0, 0.1) is 5.92 Å². The molecule has 2 aromatic rings. The number of amides is 1. The molecule has 0 radical (unpaired) electrons. The highest BCUT2D eigenvalue weighted by Gasteiger charge is 2.41. The second-order valence-corrected chi connectivity index (χ2v) is 7.11. The van der Waals surface area contributed by atoms with Crippen LogP contribution < -0.4 is 15.4 Å². The number of hydrogen-bond acceptors (Lipinski definition) is 4. The highest BCUT2D eigenvalue weighted by atomic mass is 19.3. The highest BCUT2D eigenvalue weighted by Crippen LogP contribution is 2.42. The molecule has 2 atom stereocenters. The maximum atomic E-state index is 13.5. The number of anilines is 1. The van der Waals surface area contributed by atoms with Crippen LogP contribution in [0.2, 0.25) is 0 Å². The molecular weight excluding hydrogens is 354 g/mol. The number of hydrogen-bond donors (Lipinski definition) is 2. The second-order valence-electron chi connectivity index (χ2n) is 7.11. The molecule has 2 N–H and O–H groups in total. The minimum Gasteiger partial charge on any atom is -0.497 e. The van der Waals surface area contributed by atoms with Crippen molar-refractivity contribution >= 4 is 11.7 Å². The number of halogens is 2. The van der Waals surface area contributed by atoms with Crippen molar-refractivity contribution in [3.05, 3.63) is 41.6 Å². The Morgan fingerprint density at radius 3 is 2.74 bits per heavy atom. The van der Waals surface area contributed by atoms with Crippen molar-refractivity contribution in [2.75, 3.05) is 12.4 Å². The number of fused-ring (bicyclic) bond motifs is 1. The zero-order valence-electron chi connectivity index (χ0n) is 15.0. The fraction of sp³-hybridized carbons (Fsp3) is 0.474. The average Bonchev–Trinajstić information content (AvgIpc) is 3.45. The van der Waals surface area contributed by atoms with Gasteiger partial charge in [-0.15, -0.1) is 0 Å². The molecule has 2 heterocycles. The lowest BCUT2D eigenvalue weighted by Crippen LogP contribution is -2.37. The highest BCUT2D eigenvalue weighted by molar-refractivity contribution is 5.98. The van der Waals surface area contributed by atoms with Crippen molar-refractivity contribution in [3.8, 4) is 5.75 Å². The number of aromatic nitrogens is 2. The van der Waals surface area contributed by atoms with Gasteiger partial charge >= 0.3 is 0 Å². The first-order chi connectivity index (χ1) is 13.1. The van der Waals surface area contributed by atoms with Gasteiger partial charge in [-0.05, 0) is 42.9 Å². The van der Waals surface area contributed by atoms with Crippen molar-refractivity contribution in [3.63, 3.8) is 0 Å². The molecule has 6 nitrogen and oxygen atoms in total. The second kappa shape index (κ2) is 7.17. The quantitative estimate of drug-likeness (QED) is 0.812. The minimum absolute atomic E-state index is 0.0265. The van der Waals surface area contributed by atoms with Gasteiger partial charge in [-0.3, -0.25) is 4.79 Å². The number of ether oxygens (including phenoxy) is 1. The average molecular weight is 376 g/mol. The van der Waals surface area contributed by atoms with Gasteiger partial charge in [0, 0.05) is 12.6 Å². The third kappa shape index (κ3) is 3.61. The van der Waals surface area contributed by atoms with Crippen LogP contribution in [-0.2, 0) is 6.54 Å². The van der Waals surface area contributed by atoms with E-state index in [1.165, 1.54) is 10.9 Å². The van der Waals surface area contributed by atoms with Crippen LogP contribution in [0.15, 0.2) is 30.5 Å². The number of carbonyl (C=O) groups is 1. The lowest BCUT2D eigenvalue weighted by Gasteiger charge is -2.32. The molecule has 0 bridgehead atoms. The van der Waals surface area contributed by atoms with Crippen LogP contribution in [0.3, 0.4) is 0 Å². The maximum absolute atomic E-state index is 13.5. The Morgan fingerprint density at radius 2 is 2.11 bits per heavy atom. The van der Waals surface area contributed by atoms with E-state index < -0.39 is 12.5 Å². The van der Waals surface area contributed by atoms with Crippen molar-refractivity contribution in [2.24, 2.45) is 5.92 Å². The summed E-state index contributed by atoms with van der Waals surface area (Å²) in [6, 6.07) is 6.34. The molecule has 4 rings (SSSR count). The third-order valence-corrected chi connectivity index (χ3v) is 5.27. The molecule has 2 aliphatic rings. The first kappa shape index (κ1) is 17.8. The first-order valence-corrected chi connectivity index (χ1v) is 9.10. The number of carbonyl (C=O) groups excluding carboxylic acids is 1. The number of nitrogens with zero attached hydrogens (tertiary/aromatic N) is 2. The van der Waals surface area contributed by atoms with Gasteiger partial charge in [-0.2, -0.15) is 5.10 Å². The van der Waals surface area contributed by atoms with Crippen molar-refractivity contribution < 1.29 is 18.3 Å². The summed E-state index contributed by atoms with van der Waals surface area (Å²) in [7, 11) is 1.59. The third-order valence-electron chi connectivity index (χ3n) is 5.27. The molecule has 0 unspecified atom stereocenters. The smallest absolute Gasteiger partial charge is 0.260 e. The van der Waals surface area contributed by atoms with Gasteiger partial charge in [-0.1, -0.05) is 12.1 Å². The van der Waals surface area contributed by atoms with Gasteiger partial charge in [0.25, 0.3) is 12.3 Å². The fourth-order valence-electron chi connectivity index (χ4n) is 3.56. The van der Waals surface area contributed by atoms with E-state index in [2.05, 4.69) is 15.7 Å². The van der Waals surface area contributed by atoms with E-state index in [1.807, 2.05) is 24.3 Å². The van der Waals surface area contributed by atoms with E-state index in [-0.39, 0.29) is 11.9 Å². The lowest BCUT2D eigenvalue weighted by atomic mass is 10.00. The predicted octanol–water partition coefficient (Wildman–Crippen LogP) is 3.22. The topological polar surface area (TPSA) is 68.2 Å². The SMILES string of the molecule is COc1ccc(CNC(=O)c2cnn3c2N[C@H](C2CC2)C[C@@H]3C(F)F)cc1. The zero-order valence-corrected chi connectivity index (χ0v) is 15.0. The van der Waals surface area contributed by atoms with Gasteiger partial charge in [0.2, 0.25) is 0 Å². The van der Waals surface area contributed by atoms with E-state index in [9.17, 15) is 13.6 Å². The van der Waals surface area contributed by atoms with Crippen molar-refractivity contribution in [1.82, 2.24) is 15.1 Å². The molecule has 1 amide bonds. The van der Waals surface area contributed by atoms with E-state index in [1.54, 1.807) is 7.11 Å². The Balaban J connectivity index is 1.49. The van der Waals surface area contributed by atoms with E-state index in [4.69, 9.17) is 4.74 Å². The van der Waals surface area contributed by atoms with Gasteiger partial charge in [0.15, 0.2) is 0 Å². The Morgan fingerprint density at radius 1 is 1.37 bits per heavy atom. The summed E-state index contributed by atoms with van der Waals surface area (Å²) >= 11 is 0. The summed E-state index contributed by atoms with van der Waals surface area (Å²) in [5.74, 6) is 1.22. The van der Waals surface area contributed by atoms with Gasteiger partial charge in [-0.25, -0.2) is 13.5 Å². The maximum Gasteiger partial charge on any atom is 0.260 e. The fourth-order valence-corrected chi connectivity index (χ4v) is 3.56. The van der Waals surface area contributed by atoms with Crippen molar-refractivity contribution in [2.45, 2.75) is 44.3 Å². The molecule has 0 saturated heterocycles. The predicted molar refractivity (Wildman–Crippen MR) is 96.2 cm³/mol. The Labute approximate surface area is 155 Å². The molecule has 1 aliphatic heterocycles. The number of nitrogens with one attached hydrogen (secondary N) is 2. The number of benzene rings is 1. The van der Waals surface area contributed by atoms with Crippen LogP contribution in [0.4, 0.5) is 14.6 Å². The number of alkyl halides is 2. The van der Waals surface area contributed by atoms with Gasteiger partial charge in [0.05, 0.1) is 13.3 Å². The molecule has 1 saturated carbocycles. The Hall–Kier alpha value is -2.64. The van der Waals surface area contributed by atoms with E-state index in [0.29, 0.717) is 30.3 Å². The first-order valence-electron chi connectivity index (χ1n) is 9.10. The van der Waals surface area contributed by atoms with Crippen LogP contribution in [-0.4, -0.2) is 35.3 Å². The Kier molecular flexibility index (Phi) is 4.72. The molecule has 1 aromatic carbocycles. The molecule has 144 valence electrons. The summed E-state index contributed by atoms with van der Waals surface area (Å²) < 4.78 is 33.4. The van der Waals surface area contributed by atoms with Crippen molar-refractivity contribution in [1.29, 1.82) is 0 Å². The van der Waals surface area contributed by atoms with E-state index in [0.717, 1.165) is 24.2 Å². The van der Waals surface area contributed by atoms with Crippen LogP contribution in [0.5, 0.6) is 5.75 Å². The lowest BCUT2D eigenvalue weighted by molar-refractivity contribution is 0.0644. The van der Waals surface area contributed by atoms with Crippen LogP contribution >= 0.6 is 0 Å². The van der Waals surface area contributed by atoms with Gasteiger partial charge in [0.1, 0.15) is 23.2 Å². The summed E-state index contributed by atoms with van der Waals surface area (Å²) in [6.07, 6.45) is 1.28.